The van der Waals surface area contributed by atoms with Crippen LogP contribution in [0.2, 0.25) is 5.02 Å². The van der Waals surface area contributed by atoms with Crippen LogP contribution in [0.4, 0.5) is 0 Å². The second kappa shape index (κ2) is 7.53. The first-order valence-electron chi connectivity index (χ1n) is 8.87. The third kappa shape index (κ3) is 3.62. The lowest BCUT2D eigenvalue weighted by Gasteiger charge is -2.26. The van der Waals surface area contributed by atoms with E-state index >= 15 is 0 Å². The van der Waals surface area contributed by atoms with Crippen LogP contribution in [0, 0.1) is 11.8 Å². The van der Waals surface area contributed by atoms with Gasteiger partial charge < -0.3 is 9.47 Å². The fourth-order valence-electron chi connectivity index (χ4n) is 3.18. The highest BCUT2D eigenvalue weighted by Crippen LogP contribution is 2.24. The van der Waals surface area contributed by atoms with Gasteiger partial charge in [0, 0.05) is 24.8 Å². The Bertz CT molecular complexity index is 888. The lowest BCUT2D eigenvalue weighted by atomic mass is 10.0. The van der Waals surface area contributed by atoms with Crippen molar-refractivity contribution in [1.82, 2.24) is 10.2 Å². The van der Waals surface area contributed by atoms with Gasteiger partial charge in [-0.2, -0.15) is 5.10 Å². The highest BCUT2D eigenvalue weighted by Gasteiger charge is 2.28. The van der Waals surface area contributed by atoms with Crippen molar-refractivity contribution in [2.75, 3.05) is 13.2 Å². The summed E-state index contributed by atoms with van der Waals surface area (Å²) >= 11 is 6.19. The zero-order valence-electron chi connectivity index (χ0n) is 14.6. The van der Waals surface area contributed by atoms with E-state index in [1.165, 1.54) is 0 Å². The van der Waals surface area contributed by atoms with Crippen molar-refractivity contribution >= 4 is 17.5 Å². The summed E-state index contributed by atoms with van der Waals surface area (Å²) in [4.78, 5) is 4.72. The zero-order valence-corrected chi connectivity index (χ0v) is 15.3. The smallest absolute Gasteiger partial charge is 0.221 e. The summed E-state index contributed by atoms with van der Waals surface area (Å²) in [6, 6.07) is 7.68. The number of fused-ring (bicyclic) bond motifs is 1. The van der Waals surface area contributed by atoms with Crippen molar-refractivity contribution in [3.8, 4) is 11.8 Å². The molecule has 2 aromatic rings. The number of halogens is 1. The van der Waals surface area contributed by atoms with Crippen LogP contribution in [0.1, 0.15) is 42.3 Å². The number of rotatable bonds is 1. The van der Waals surface area contributed by atoms with Crippen molar-refractivity contribution in [2.24, 2.45) is 4.99 Å². The molecular weight excluding hydrogens is 350 g/mol. The Morgan fingerprint density at radius 2 is 2.04 bits per heavy atom. The molecule has 0 amide bonds. The summed E-state index contributed by atoms with van der Waals surface area (Å²) in [6.07, 6.45) is 2.68. The molecule has 3 heterocycles. The number of hydrogen-bond acceptors (Lipinski definition) is 4. The molecule has 1 saturated heterocycles. The summed E-state index contributed by atoms with van der Waals surface area (Å²) < 4.78 is 11.6. The molecule has 2 aliphatic rings. The summed E-state index contributed by atoms with van der Waals surface area (Å²) in [6.45, 7) is 3.53. The number of aromatic nitrogens is 2. The quantitative estimate of drug-likeness (QED) is 0.784. The van der Waals surface area contributed by atoms with E-state index < -0.39 is 0 Å². The number of nitrogens with zero attached hydrogens (tertiary/aromatic N) is 2. The van der Waals surface area contributed by atoms with E-state index in [1.54, 1.807) is 0 Å². The molecule has 1 N–H and O–H groups in total. The average Bonchev–Trinajstić information content (AvgIpc) is 3.05. The molecule has 1 unspecified atom stereocenters. The minimum Gasteiger partial charge on any atom is -0.474 e. The summed E-state index contributed by atoms with van der Waals surface area (Å²) in [7, 11) is 0. The maximum Gasteiger partial charge on any atom is 0.221 e. The van der Waals surface area contributed by atoms with Crippen molar-refractivity contribution in [1.29, 1.82) is 0 Å². The van der Waals surface area contributed by atoms with Crippen LogP contribution in [0.5, 0.6) is 0 Å². The molecule has 2 aliphatic heterocycles. The van der Waals surface area contributed by atoms with Crippen LogP contribution < -0.4 is 0 Å². The number of aliphatic imine (C=N–C) groups is 1. The summed E-state index contributed by atoms with van der Waals surface area (Å²) in [5.41, 5.74) is 3.34. The molecule has 1 fully saturated rings. The lowest BCUT2D eigenvalue weighted by molar-refractivity contribution is 0.0202. The largest absolute Gasteiger partial charge is 0.474 e. The Labute approximate surface area is 157 Å². The molecule has 1 aromatic heterocycles. The number of benzene rings is 1. The molecule has 1 aromatic carbocycles. The van der Waals surface area contributed by atoms with Gasteiger partial charge in [-0.05, 0) is 25.0 Å². The summed E-state index contributed by atoms with van der Waals surface area (Å²) in [5, 5.41) is 8.13. The molecule has 6 heteroatoms. The number of ether oxygens (including phenoxy) is 2. The van der Waals surface area contributed by atoms with Crippen molar-refractivity contribution in [3.63, 3.8) is 0 Å². The number of hydrogen-bond donors (Lipinski definition) is 1. The predicted octanol–water partition coefficient (Wildman–Crippen LogP) is 3.35. The van der Waals surface area contributed by atoms with Gasteiger partial charge >= 0.3 is 0 Å². The minimum absolute atomic E-state index is 0.125. The Balaban J connectivity index is 1.64. The van der Waals surface area contributed by atoms with E-state index in [-0.39, 0.29) is 12.1 Å². The van der Waals surface area contributed by atoms with Crippen molar-refractivity contribution in [2.45, 2.75) is 38.3 Å². The molecule has 134 valence electrons. The molecule has 5 nitrogen and oxygen atoms in total. The SMILES string of the molecule is CC1Cc2[nH]nc(C#Cc3ccccc3Cl)c2C(OC2CCOCC2)=N1. The molecule has 26 heavy (non-hydrogen) atoms. The van der Waals surface area contributed by atoms with E-state index in [2.05, 4.69) is 29.0 Å². The standard InChI is InChI=1S/C20H20ClN3O2/c1-13-12-18-19(20(22-13)26-15-8-10-25-11-9-15)17(23-24-18)7-6-14-4-2-3-5-16(14)21/h2-5,13,15H,8-12H2,1H3,(H,23,24). The van der Waals surface area contributed by atoms with Crippen LogP contribution in [0.25, 0.3) is 0 Å². The lowest BCUT2D eigenvalue weighted by Crippen LogP contribution is -2.29. The summed E-state index contributed by atoms with van der Waals surface area (Å²) in [5.74, 6) is 6.88. The number of nitrogens with one attached hydrogen (secondary N) is 1. The second-order valence-electron chi connectivity index (χ2n) is 6.57. The fourth-order valence-corrected chi connectivity index (χ4v) is 3.37. The third-order valence-electron chi connectivity index (χ3n) is 4.53. The maximum atomic E-state index is 6.22. The predicted molar refractivity (Wildman–Crippen MR) is 101 cm³/mol. The van der Waals surface area contributed by atoms with Gasteiger partial charge in [-0.15, -0.1) is 0 Å². The van der Waals surface area contributed by atoms with Crippen LogP contribution in [-0.2, 0) is 15.9 Å². The molecule has 0 radical (unpaired) electrons. The van der Waals surface area contributed by atoms with Crippen LogP contribution in [0.3, 0.4) is 0 Å². The first kappa shape index (κ1) is 17.1. The number of aromatic amines is 1. The van der Waals surface area contributed by atoms with Gasteiger partial charge in [0.2, 0.25) is 5.90 Å². The Morgan fingerprint density at radius 1 is 1.23 bits per heavy atom. The van der Waals surface area contributed by atoms with E-state index in [4.69, 9.17) is 26.1 Å². The van der Waals surface area contributed by atoms with Gasteiger partial charge in [0.1, 0.15) is 11.8 Å². The second-order valence-corrected chi connectivity index (χ2v) is 6.98. The van der Waals surface area contributed by atoms with Crippen LogP contribution in [0.15, 0.2) is 29.3 Å². The van der Waals surface area contributed by atoms with Gasteiger partial charge in [-0.3, -0.25) is 5.10 Å². The molecule has 0 aliphatic carbocycles. The van der Waals surface area contributed by atoms with Crippen LogP contribution >= 0.6 is 11.6 Å². The van der Waals surface area contributed by atoms with Gasteiger partial charge in [0.25, 0.3) is 0 Å². The number of H-pyrrole nitrogens is 1. The Hall–Kier alpha value is -2.29. The van der Waals surface area contributed by atoms with Crippen LogP contribution in [-0.4, -0.2) is 41.5 Å². The van der Waals surface area contributed by atoms with Gasteiger partial charge in [0.15, 0.2) is 0 Å². The molecule has 4 rings (SSSR count). The Kier molecular flexibility index (Phi) is 4.96. The zero-order chi connectivity index (χ0) is 17.9. The molecular formula is C20H20ClN3O2. The third-order valence-corrected chi connectivity index (χ3v) is 4.86. The van der Waals surface area contributed by atoms with E-state index in [1.807, 2.05) is 24.3 Å². The maximum absolute atomic E-state index is 6.22. The minimum atomic E-state index is 0.125. The average molecular weight is 370 g/mol. The van der Waals surface area contributed by atoms with Gasteiger partial charge in [0.05, 0.1) is 35.5 Å². The first-order chi connectivity index (χ1) is 12.7. The van der Waals surface area contributed by atoms with E-state index in [0.29, 0.717) is 16.6 Å². The normalized spacial score (nSPS) is 19.9. The Morgan fingerprint density at radius 3 is 2.85 bits per heavy atom. The molecule has 0 saturated carbocycles. The first-order valence-corrected chi connectivity index (χ1v) is 9.25. The monoisotopic (exact) mass is 369 g/mol. The van der Waals surface area contributed by atoms with Gasteiger partial charge in [-0.25, -0.2) is 4.99 Å². The highest BCUT2D eigenvalue weighted by molar-refractivity contribution is 6.31. The topological polar surface area (TPSA) is 59.5 Å². The molecule has 1 atom stereocenters. The van der Waals surface area contributed by atoms with Crippen molar-refractivity contribution < 1.29 is 9.47 Å². The van der Waals surface area contributed by atoms with E-state index in [9.17, 15) is 0 Å². The molecule has 0 bridgehead atoms. The van der Waals surface area contributed by atoms with Crippen molar-refractivity contribution in [3.05, 3.63) is 51.8 Å². The fraction of sp³-hybridized carbons (Fsp3) is 0.400. The van der Waals surface area contributed by atoms with E-state index in [0.717, 1.165) is 49.3 Å². The van der Waals surface area contributed by atoms with Gasteiger partial charge in [-0.1, -0.05) is 29.7 Å². The highest BCUT2D eigenvalue weighted by atomic mass is 35.5. The molecule has 0 spiro atoms.